The number of carbonyl (C=O) groups is 1. The lowest BCUT2D eigenvalue weighted by molar-refractivity contribution is 0.0597. The lowest BCUT2D eigenvalue weighted by atomic mass is 9.95. The lowest BCUT2D eigenvalue weighted by Gasteiger charge is -2.24. The minimum Gasteiger partial charge on any atom is -0.291 e. The molecule has 0 saturated heterocycles. The van der Waals surface area contributed by atoms with Crippen molar-refractivity contribution in [2.45, 2.75) is 20.0 Å². The molecule has 0 N–H and O–H groups in total. The summed E-state index contributed by atoms with van der Waals surface area (Å²) in [6.07, 6.45) is -1.13. The van der Waals surface area contributed by atoms with Crippen molar-refractivity contribution in [3.05, 3.63) is 83.9 Å². The van der Waals surface area contributed by atoms with Gasteiger partial charge in [0, 0.05) is 5.56 Å². The zero-order valence-electron chi connectivity index (χ0n) is 15.9. The van der Waals surface area contributed by atoms with E-state index < -0.39 is 13.9 Å². The number of hydrogen-bond donors (Lipinski definition) is 0. The highest BCUT2D eigenvalue weighted by molar-refractivity contribution is 7.48. The molecule has 0 aliphatic heterocycles. The van der Waals surface area contributed by atoms with E-state index in [9.17, 15) is 9.36 Å². The fourth-order valence-corrected chi connectivity index (χ4v) is 4.32. The predicted molar refractivity (Wildman–Crippen MR) is 109 cm³/mol. The maximum Gasteiger partial charge on any atom is 0.475 e. The monoisotopic (exact) mass is 398 g/mol. The Morgan fingerprint density at radius 1 is 0.857 bits per heavy atom. The first kappa shape index (κ1) is 20.4. The molecule has 0 aliphatic rings. The van der Waals surface area contributed by atoms with E-state index in [4.69, 9.17) is 13.6 Å². The van der Waals surface area contributed by atoms with Crippen molar-refractivity contribution in [2.75, 3.05) is 13.2 Å². The number of fused-ring (bicyclic) bond motifs is 1. The van der Waals surface area contributed by atoms with Crippen molar-refractivity contribution in [3.8, 4) is 0 Å². The van der Waals surface area contributed by atoms with Crippen LogP contribution >= 0.6 is 7.82 Å². The molecule has 0 bridgehead atoms. The van der Waals surface area contributed by atoms with Crippen LogP contribution in [-0.4, -0.2) is 19.0 Å². The van der Waals surface area contributed by atoms with E-state index >= 15 is 0 Å². The van der Waals surface area contributed by atoms with E-state index in [1.807, 2.05) is 42.5 Å². The molecule has 0 aromatic heterocycles. The smallest absolute Gasteiger partial charge is 0.291 e. The van der Waals surface area contributed by atoms with E-state index in [1.54, 1.807) is 44.2 Å². The first-order valence-electron chi connectivity index (χ1n) is 9.22. The fourth-order valence-electron chi connectivity index (χ4n) is 3.02. The number of phosphoric acid groups is 1. The summed E-state index contributed by atoms with van der Waals surface area (Å²) in [5, 5.41) is 1.80. The Morgan fingerprint density at radius 3 is 2.14 bits per heavy atom. The first-order valence-corrected chi connectivity index (χ1v) is 10.7. The van der Waals surface area contributed by atoms with Gasteiger partial charge in [0.05, 0.1) is 13.2 Å². The zero-order chi connectivity index (χ0) is 20.0. The maximum absolute atomic E-state index is 13.3. The zero-order valence-corrected chi connectivity index (χ0v) is 16.8. The highest BCUT2D eigenvalue weighted by Gasteiger charge is 2.35. The second-order valence-electron chi connectivity index (χ2n) is 6.07. The quantitative estimate of drug-likeness (QED) is 0.329. The van der Waals surface area contributed by atoms with Crippen LogP contribution in [0.25, 0.3) is 10.8 Å². The first-order chi connectivity index (χ1) is 13.6. The Kier molecular flexibility index (Phi) is 6.76. The molecule has 146 valence electrons. The summed E-state index contributed by atoms with van der Waals surface area (Å²) in [6.45, 7) is 3.67. The Balaban J connectivity index is 2.11. The molecule has 6 heteroatoms. The molecule has 0 amide bonds. The van der Waals surface area contributed by atoms with Crippen LogP contribution in [0.2, 0.25) is 0 Å². The third kappa shape index (κ3) is 4.57. The van der Waals surface area contributed by atoms with Gasteiger partial charge >= 0.3 is 7.82 Å². The molecule has 5 nitrogen and oxygen atoms in total. The van der Waals surface area contributed by atoms with Crippen molar-refractivity contribution >= 4 is 24.4 Å². The molecule has 0 spiro atoms. The number of hydrogen-bond acceptors (Lipinski definition) is 5. The van der Waals surface area contributed by atoms with Gasteiger partial charge in [-0.25, -0.2) is 4.57 Å². The SMILES string of the molecule is CCOP(=O)(OCC)OC(C(=O)c1ccccc1)c1cccc2ccccc12. The fraction of sp³-hybridized carbons (Fsp3) is 0.227. The van der Waals surface area contributed by atoms with Gasteiger partial charge in [-0.2, -0.15) is 0 Å². The van der Waals surface area contributed by atoms with Crippen LogP contribution in [-0.2, 0) is 18.1 Å². The molecule has 3 rings (SSSR count). The molecule has 0 saturated carbocycles. The summed E-state index contributed by atoms with van der Waals surface area (Å²) >= 11 is 0. The molecule has 28 heavy (non-hydrogen) atoms. The second-order valence-corrected chi connectivity index (χ2v) is 7.69. The van der Waals surface area contributed by atoms with Gasteiger partial charge in [0.25, 0.3) is 0 Å². The largest absolute Gasteiger partial charge is 0.475 e. The van der Waals surface area contributed by atoms with Crippen LogP contribution in [0.4, 0.5) is 0 Å². The molecule has 0 heterocycles. The molecular formula is C22H23O5P. The number of ketones is 1. The highest BCUT2D eigenvalue weighted by atomic mass is 31.2. The average Bonchev–Trinajstić information content (AvgIpc) is 2.72. The van der Waals surface area contributed by atoms with Crippen LogP contribution in [0.3, 0.4) is 0 Å². The molecule has 1 atom stereocenters. The third-order valence-corrected chi connectivity index (χ3v) is 5.83. The van der Waals surface area contributed by atoms with Crippen molar-refractivity contribution < 1.29 is 22.9 Å². The van der Waals surface area contributed by atoms with Gasteiger partial charge < -0.3 is 0 Å². The summed E-state index contributed by atoms with van der Waals surface area (Å²) in [6, 6.07) is 22.1. The highest BCUT2D eigenvalue weighted by Crippen LogP contribution is 2.54. The van der Waals surface area contributed by atoms with E-state index in [0.717, 1.165) is 10.8 Å². The van der Waals surface area contributed by atoms with Gasteiger partial charge in [-0.3, -0.25) is 18.4 Å². The van der Waals surface area contributed by atoms with Crippen LogP contribution in [0, 0.1) is 0 Å². The van der Waals surface area contributed by atoms with Gasteiger partial charge in [0.15, 0.2) is 11.9 Å². The van der Waals surface area contributed by atoms with Crippen molar-refractivity contribution in [1.82, 2.24) is 0 Å². The molecule has 0 fully saturated rings. The third-order valence-electron chi connectivity index (χ3n) is 4.21. The van der Waals surface area contributed by atoms with Crippen LogP contribution in [0.1, 0.15) is 35.9 Å². The summed E-state index contributed by atoms with van der Waals surface area (Å²) in [5.41, 5.74) is 1.08. The van der Waals surface area contributed by atoms with Crippen LogP contribution in [0.15, 0.2) is 72.8 Å². The van der Waals surface area contributed by atoms with Crippen molar-refractivity contribution in [2.24, 2.45) is 0 Å². The van der Waals surface area contributed by atoms with E-state index in [1.165, 1.54) is 0 Å². The summed E-state index contributed by atoms with van der Waals surface area (Å²) in [5.74, 6) is -0.309. The minimum absolute atomic E-state index is 0.138. The predicted octanol–water partition coefficient (Wildman–Crippen LogP) is 5.96. The van der Waals surface area contributed by atoms with Gasteiger partial charge in [0.1, 0.15) is 0 Å². The summed E-state index contributed by atoms with van der Waals surface area (Å²) < 4.78 is 29.4. The molecule has 1 unspecified atom stereocenters. The van der Waals surface area contributed by atoms with Gasteiger partial charge in [-0.05, 0) is 30.2 Å². The lowest BCUT2D eigenvalue weighted by Crippen LogP contribution is -2.17. The Hall–Kier alpha value is -2.30. The Bertz CT molecular complexity index is 971. The average molecular weight is 398 g/mol. The van der Waals surface area contributed by atoms with Crippen LogP contribution in [0.5, 0.6) is 0 Å². The molecule has 3 aromatic carbocycles. The van der Waals surface area contributed by atoms with E-state index in [-0.39, 0.29) is 19.0 Å². The number of Topliss-reactive ketones (excluding diaryl/α,β-unsaturated/α-hetero) is 1. The number of carbonyl (C=O) groups excluding carboxylic acids is 1. The molecule has 3 aromatic rings. The second kappa shape index (κ2) is 9.26. The van der Waals surface area contributed by atoms with Gasteiger partial charge in [0.2, 0.25) is 0 Å². The number of benzene rings is 3. The number of rotatable bonds is 9. The Labute approximate surface area is 164 Å². The van der Waals surface area contributed by atoms with E-state index in [2.05, 4.69) is 0 Å². The Morgan fingerprint density at radius 2 is 1.46 bits per heavy atom. The van der Waals surface area contributed by atoms with Crippen molar-refractivity contribution in [3.63, 3.8) is 0 Å². The summed E-state index contributed by atoms with van der Waals surface area (Å²) in [7, 11) is -3.91. The topological polar surface area (TPSA) is 61.8 Å². The molecule has 0 radical (unpaired) electrons. The van der Waals surface area contributed by atoms with Gasteiger partial charge in [-0.15, -0.1) is 0 Å². The van der Waals surface area contributed by atoms with Crippen molar-refractivity contribution in [1.29, 1.82) is 0 Å². The molecular weight excluding hydrogens is 375 g/mol. The van der Waals surface area contributed by atoms with Crippen LogP contribution < -0.4 is 0 Å². The van der Waals surface area contributed by atoms with E-state index in [0.29, 0.717) is 11.1 Å². The normalized spacial score (nSPS) is 12.8. The number of phosphoric ester groups is 1. The van der Waals surface area contributed by atoms with Gasteiger partial charge in [-0.1, -0.05) is 72.8 Å². The molecule has 0 aliphatic carbocycles. The summed E-state index contributed by atoms with van der Waals surface area (Å²) in [4.78, 5) is 13.3. The maximum atomic E-state index is 13.3. The minimum atomic E-state index is -3.91. The standard InChI is InChI=1S/C22H23O5P/c1-3-25-28(24,26-4-2)27-22(21(23)18-12-6-5-7-13-18)20-16-10-14-17-11-8-9-15-19(17)20/h5-16,22H,3-4H2,1-2H3.